The van der Waals surface area contributed by atoms with Crippen molar-refractivity contribution in [3.05, 3.63) is 19.8 Å². The van der Waals surface area contributed by atoms with Crippen LogP contribution in [-0.4, -0.2) is 0 Å². The SMILES string of the molecule is CC(=CI)CCCCCCCC/C=C/I. The van der Waals surface area contributed by atoms with Crippen molar-refractivity contribution < 1.29 is 0 Å². The largest absolute Gasteiger partial charge is 0.0785 e. The van der Waals surface area contributed by atoms with Crippen molar-refractivity contribution in [2.75, 3.05) is 0 Å². The molecule has 2 heteroatoms. The van der Waals surface area contributed by atoms with Crippen molar-refractivity contribution in [1.82, 2.24) is 0 Å². The third-order valence-corrected chi connectivity index (χ3v) is 4.04. The van der Waals surface area contributed by atoms with E-state index in [4.69, 9.17) is 0 Å². The van der Waals surface area contributed by atoms with Crippen LogP contribution in [0.25, 0.3) is 0 Å². The fourth-order valence-electron chi connectivity index (χ4n) is 1.49. The molecule has 0 heterocycles. The zero-order chi connectivity index (χ0) is 11.4. The molecule has 0 aliphatic heterocycles. The maximum Gasteiger partial charge on any atom is -0.0245 e. The summed E-state index contributed by atoms with van der Waals surface area (Å²) in [6.45, 7) is 2.23. The van der Waals surface area contributed by atoms with Gasteiger partial charge in [0.2, 0.25) is 0 Å². The Labute approximate surface area is 122 Å². The fraction of sp³-hybridized carbons (Fsp3) is 0.692. The molecule has 0 aromatic rings. The summed E-state index contributed by atoms with van der Waals surface area (Å²) in [6.07, 6.45) is 13.2. The van der Waals surface area contributed by atoms with E-state index in [2.05, 4.69) is 66.3 Å². The summed E-state index contributed by atoms with van der Waals surface area (Å²) in [5.41, 5.74) is 1.53. The van der Waals surface area contributed by atoms with Gasteiger partial charge < -0.3 is 0 Å². The minimum atomic E-state index is 1.26. The van der Waals surface area contributed by atoms with Crippen LogP contribution in [-0.2, 0) is 0 Å². The van der Waals surface area contributed by atoms with Crippen molar-refractivity contribution in [3.63, 3.8) is 0 Å². The molecule has 88 valence electrons. The highest BCUT2D eigenvalue weighted by Crippen LogP contribution is 2.13. The first kappa shape index (κ1) is 15.9. The lowest BCUT2D eigenvalue weighted by Gasteiger charge is -2.01. The molecule has 0 amide bonds. The average Bonchev–Trinajstić information content (AvgIpc) is 2.26. The maximum atomic E-state index is 2.33. The standard InChI is InChI=1S/C13H22I2/c1-13(12-15)10-8-6-4-2-3-5-7-9-11-14/h9,11-12H,2-8,10H2,1H3/b11-9+,13-12?. The predicted molar refractivity (Wildman–Crippen MR) is 87.9 cm³/mol. The quantitative estimate of drug-likeness (QED) is 0.293. The summed E-state index contributed by atoms with van der Waals surface area (Å²) < 4.78 is 4.32. The van der Waals surface area contributed by atoms with Crippen LogP contribution < -0.4 is 0 Å². The van der Waals surface area contributed by atoms with Gasteiger partial charge in [0.05, 0.1) is 0 Å². The number of hydrogen-bond acceptors (Lipinski definition) is 0. The fourth-order valence-corrected chi connectivity index (χ4v) is 2.16. The monoisotopic (exact) mass is 432 g/mol. The van der Waals surface area contributed by atoms with Crippen molar-refractivity contribution in [1.29, 1.82) is 0 Å². The molecule has 0 atom stereocenters. The van der Waals surface area contributed by atoms with E-state index in [1.54, 1.807) is 0 Å². The van der Waals surface area contributed by atoms with Gasteiger partial charge in [-0.1, -0.05) is 82.5 Å². The van der Waals surface area contributed by atoms with Crippen LogP contribution >= 0.6 is 45.2 Å². The predicted octanol–water partition coefficient (Wildman–Crippen LogP) is 6.39. The molecule has 0 aromatic heterocycles. The molecule has 0 bridgehead atoms. The Morgan fingerprint density at radius 2 is 1.53 bits per heavy atom. The van der Waals surface area contributed by atoms with Crippen molar-refractivity contribution >= 4 is 45.2 Å². The lowest BCUT2D eigenvalue weighted by Crippen LogP contribution is -1.81. The topological polar surface area (TPSA) is 0 Å². The molecule has 0 aliphatic rings. The van der Waals surface area contributed by atoms with Gasteiger partial charge in [0, 0.05) is 0 Å². The van der Waals surface area contributed by atoms with Crippen molar-refractivity contribution in [3.8, 4) is 0 Å². The molecule has 0 aromatic carbocycles. The van der Waals surface area contributed by atoms with Gasteiger partial charge >= 0.3 is 0 Å². The number of halogens is 2. The molecular weight excluding hydrogens is 410 g/mol. The van der Waals surface area contributed by atoms with Crippen LogP contribution in [0.15, 0.2) is 19.8 Å². The Morgan fingerprint density at radius 1 is 0.933 bits per heavy atom. The molecule has 0 nitrogen and oxygen atoms in total. The molecule has 0 rings (SSSR count). The summed E-state index contributed by atoms with van der Waals surface area (Å²) in [4.78, 5) is 0. The molecule has 15 heavy (non-hydrogen) atoms. The average molecular weight is 432 g/mol. The minimum Gasteiger partial charge on any atom is -0.0785 e. The molecule has 0 unspecified atom stereocenters. The first-order valence-corrected chi connectivity index (χ1v) is 8.31. The van der Waals surface area contributed by atoms with E-state index >= 15 is 0 Å². The van der Waals surface area contributed by atoms with E-state index in [9.17, 15) is 0 Å². The Balaban J connectivity index is 3.05. The highest BCUT2D eigenvalue weighted by molar-refractivity contribution is 14.1. The number of allylic oxidation sites excluding steroid dienone is 2. The Kier molecular flexibility index (Phi) is 13.8. The van der Waals surface area contributed by atoms with Crippen molar-refractivity contribution in [2.24, 2.45) is 0 Å². The highest BCUT2D eigenvalue weighted by Gasteiger charge is 1.92. The summed E-state index contributed by atoms with van der Waals surface area (Å²) in [5.74, 6) is 0. The second-order valence-electron chi connectivity index (χ2n) is 3.98. The second-order valence-corrected chi connectivity index (χ2v) is 5.32. The van der Waals surface area contributed by atoms with Gasteiger partial charge in [-0.2, -0.15) is 0 Å². The Hall–Kier alpha value is 0.940. The van der Waals surface area contributed by atoms with Gasteiger partial charge in [0.15, 0.2) is 0 Å². The summed E-state index contributed by atoms with van der Waals surface area (Å²) in [5, 5.41) is 0. The third kappa shape index (κ3) is 12.9. The Bertz CT molecular complexity index is 183. The lowest BCUT2D eigenvalue weighted by atomic mass is 10.1. The van der Waals surface area contributed by atoms with E-state index in [1.165, 1.54) is 56.9 Å². The minimum absolute atomic E-state index is 1.26. The van der Waals surface area contributed by atoms with E-state index in [-0.39, 0.29) is 0 Å². The van der Waals surface area contributed by atoms with Crippen LogP contribution in [0.2, 0.25) is 0 Å². The molecule has 0 saturated carbocycles. The first-order chi connectivity index (χ1) is 7.31. The summed E-state index contributed by atoms with van der Waals surface area (Å²) in [6, 6.07) is 0. The normalized spacial score (nSPS) is 12.6. The van der Waals surface area contributed by atoms with Crippen LogP contribution in [0.5, 0.6) is 0 Å². The highest BCUT2D eigenvalue weighted by atomic mass is 127. The third-order valence-electron chi connectivity index (χ3n) is 2.47. The van der Waals surface area contributed by atoms with Gasteiger partial charge in [0.1, 0.15) is 0 Å². The number of hydrogen-bond donors (Lipinski definition) is 0. The van der Waals surface area contributed by atoms with Crippen LogP contribution in [0.4, 0.5) is 0 Å². The van der Waals surface area contributed by atoms with Crippen molar-refractivity contribution in [2.45, 2.75) is 58.3 Å². The van der Waals surface area contributed by atoms with E-state index < -0.39 is 0 Å². The molecule has 0 aliphatic carbocycles. The van der Waals surface area contributed by atoms with E-state index in [0.717, 1.165) is 0 Å². The van der Waals surface area contributed by atoms with Gasteiger partial charge in [0.25, 0.3) is 0 Å². The molecule has 0 spiro atoms. The van der Waals surface area contributed by atoms with Gasteiger partial charge in [-0.15, -0.1) is 0 Å². The van der Waals surface area contributed by atoms with Crippen LogP contribution in [0.1, 0.15) is 58.3 Å². The number of rotatable bonds is 9. The first-order valence-electron chi connectivity index (χ1n) is 5.82. The van der Waals surface area contributed by atoms with E-state index in [0.29, 0.717) is 0 Å². The molecule has 0 N–H and O–H groups in total. The summed E-state index contributed by atoms with van der Waals surface area (Å²) >= 11 is 4.62. The molecule has 0 saturated heterocycles. The smallest absolute Gasteiger partial charge is 0.0245 e. The number of unbranched alkanes of at least 4 members (excludes halogenated alkanes) is 6. The van der Waals surface area contributed by atoms with Crippen LogP contribution in [0, 0.1) is 0 Å². The van der Waals surface area contributed by atoms with Gasteiger partial charge in [-0.25, -0.2) is 0 Å². The van der Waals surface area contributed by atoms with E-state index in [1.807, 2.05) is 0 Å². The van der Waals surface area contributed by atoms with Gasteiger partial charge in [-0.05, 0) is 40.8 Å². The zero-order valence-corrected chi connectivity index (χ0v) is 14.0. The molecule has 0 radical (unpaired) electrons. The molecular formula is C13H22I2. The van der Waals surface area contributed by atoms with Crippen LogP contribution in [0.3, 0.4) is 0 Å². The zero-order valence-electron chi connectivity index (χ0n) is 9.64. The summed E-state index contributed by atoms with van der Waals surface area (Å²) in [7, 11) is 0. The Morgan fingerprint density at radius 3 is 2.13 bits per heavy atom. The van der Waals surface area contributed by atoms with Gasteiger partial charge in [-0.3, -0.25) is 0 Å². The maximum absolute atomic E-state index is 2.33. The lowest BCUT2D eigenvalue weighted by molar-refractivity contribution is 0.596. The molecule has 0 fully saturated rings. The second kappa shape index (κ2) is 13.0.